The number of amides is 2. The van der Waals surface area contributed by atoms with Crippen LogP contribution in [0.5, 0.6) is 0 Å². The van der Waals surface area contributed by atoms with Gasteiger partial charge in [0.25, 0.3) is 0 Å². The number of carbonyl (C=O) groups excluding carboxylic acids is 4. The van der Waals surface area contributed by atoms with E-state index in [1.54, 1.807) is 0 Å². The molecule has 10 nitrogen and oxygen atoms in total. The minimum absolute atomic E-state index is 0.0236. The molecule has 0 rings (SSSR count). The van der Waals surface area contributed by atoms with Crippen LogP contribution in [-0.4, -0.2) is 63.1 Å². The number of hydrogen-bond donors (Lipinski definition) is 4. The summed E-state index contributed by atoms with van der Waals surface area (Å²) in [5, 5.41) is 6.09. The first kappa shape index (κ1) is 29.8. The summed E-state index contributed by atoms with van der Waals surface area (Å²) >= 11 is 0. The maximum absolute atomic E-state index is 10.8. The van der Waals surface area contributed by atoms with E-state index in [9.17, 15) is 19.2 Å². The highest BCUT2D eigenvalue weighted by atomic mass is 16.5. The fourth-order valence-electron chi connectivity index (χ4n) is 3.23. The monoisotopic (exact) mass is 458 g/mol. The number of carbonyl (C=O) groups is 4. The van der Waals surface area contributed by atoms with E-state index in [-0.39, 0.29) is 13.2 Å². The molecular formula is C22H42N4O6. The van der Waals surface area contributed by atoms with Crippen LogP contribution in [0.15, 0.2) is 0 Å². The third-order valence-corrected chi connectivity index (χ3v) is 5.06. The van der Waals surface area contributed by atoms with Gasteiger partial charge in [-0.05, 0) is 25.9 Å². The summed E-state index contributed by atoms with van der Waals surface area (Å²) in [7, 11) is 0. The van der Waals surface area contributed by atoms with Crippen LogP contribution in [0.2, 0.25) is 0 Å². The molecule has 2 atom stereocenters. The molecule has 10 heteroatoms. The first-order valence-corrected chi connectivity index (χ1v) is 11.7. The summed E-state index contributed by atoms with van der Waals surface area (Å²) in [6, 6.07) is -0.982. The van der Waals surface area contributed by atoms with E-state index < -0.39 is 24.3 Å². The van der Waals surface area contributed by atoms with Gasteiger partial charge in [-0.3, -0.25) is 0 Å². The van der Waals surface area contributed by atoms with Gasteiger partial charge in [0.2, 0.25) is 0 Å². The molecule has 0 spiro atoms. The van der Waals surface area contributed by atoms with E-state index in [1.807, 2.05) is 0 Å². The number of nitrogens with two attached hydrogens (primary N) is 2. The fourth-order valence-corrected chi connectivity index (χ4v) is 3.23. The van der Waals surface area contributed by atoms with E-state index in [0.29, 0.717) is 0 Å². The Labute approximate surface area is 191 Å². The highest BCUT2D eigenvalue weighted by Gasteiger charge is 2.08. The standard InChI is InChI=1S/C22H42N4O6/c23-21(29)31-17-19(15-27)25-13-11-9-7-5-3-1-2-4-6-8-10-12-14-26-20(16-28)18-32-22(24)30/h15-16,19-20,25-26H,1-14,17-18H2,(H2,23,29)(H2,24,30). The van der Waals surface area contributed by atoms with Crippen LogP contribution in [-0.2, 0) is 19.1 Å². The Balaban J connectivity index is 3.32. The second kappa shape index (κ2) is 22.0. The zero-order chi connectivity index (χ0) is 23.9. The SMILES string of the molecule is NC(=O)OCC(C=O)NCCCCCCCCCCCCCCNC(C=O)COC(N)=O. The van der Waals surface area contributed by atoms with Crippen LogP contribution in [0.1, 0.15) is 77.0 Å². The molecular weight excluding hydrogens is 416 g/mol. The lowest BCUT2D eigenvalue weighted by Gasteiger charge is -2.12. The molecule has 6 N–H and O–H groups in total. The quantitative estimate of drug-likeness (QED) is 0.134. The molecule has 0 aromatic rings. The molecule has 0 saturated heterocycles. The van der Waals surface area contributed by atoms with Crippen molar-refractivity contribution in [1.82, 2.24) is 10.6 Å². The summed E-state index contributed by atoms with van der Waals surface area (Å²) in [5.74, 6) is 0. The molecule has 32 heavy (non-hydrogen) atoms. The van der Waals surface area contributed by atoms with Gasteiger partial charge < -0.3 is 41.2 Å². The van der Waals surface area contributed by atoms with Crippen LogP contribution in [0.25, 0.3) is 0 Å². The number of primary amides is 2. The Morgan fingerprint density at radius 2 is 0.875 bits per heavy atom. The van der Waals surface area contributed by atoms with Crippen LogP contribution >= 0.6 is 0 Å². The van der Waals surface area contributed by atoms with Crippen molar-refractivity contribution in [2.75, 3.05) is 26.3 Å². The Hall–Kier alpha value is -2.20. The zero-order valence-electron chi connectivity index (χ0n) is 19.2. The number of hydrogen-bond acceptors (Lipinski definition) is 8. The van der Waals surface area contributed by atoms with Crippen molar-refractivity contribution in [2.24, 2.45) is 11.5 Å². The molecule has 0 aliphatic rings. The van der Waals surface area contributed by atoms with Crippen molar-refractivity contribution in [1.29, 1.82) is 0 Å². The van der Waals surface area contributed by atoms with E-state index in [2.05, 4.69) is 20.1 Å². The van der Waals surface area contributed by atoms with Crippen LogP contribution in [0.3, 0.4) is 0 Å². The molecule has 0 saturated carbocycles. The Bertz CT molecular complexity index is 463. The van der Waals surface area contributed by atoms with Crippen LogP contribution < -0.4 is 22.1 Å². The normalized spacial score (nSPS) is 12.6. The maximum atomic E-state index is 10.8. The smallest absolute Gasteiger partial charge is 0.404 e. The van der Waals surface area contributed by atoms with Gasteiger partial charge in [-0.15, -0.1) is 0 Å². The van der Waals surface area contributed by atoms with Crippen molar-refractivity contribution < 1.29 is 28.7 Å². The molecule has 0 fully saturated rings. The topological polar surface area (TPSA) is 163 Å². The Kier molecular flexibility index (Phi) is 20.5. The number of nitrogens with one attached hydrogen (secondary N) is 2. The molecule has 0 aromatic heterocycles. The summed E-state index contributed by atoms with van der Waals surface area (Å²) in [6.07, 6.45) is 13.8. The predicted octanol–water partition coefficient (Wildman–Crippen LogP) is 2.17. The lowest BCUT2D eigenvalue weighted by molar-refractivity contribution is -0.111. The number of ether oxygens (including phenoxy) is 2. The van der Waals surface area contributed by atoms with Gasteiger partial charge in [0.05, 0.1) is 12.1 Å². The highest BCUT2D eigenvalue weighted by molar-refractivity contribution is 5.66. The summed E-state index contributed by atoms with van der Waals surface area (Å²) in [5.41, 5.74) is 9.76. The fraction of sp³-hybridized carbons (Fsp3) is 0.818. The molecule has 0 heterocycles. The summed E-state index contributed by atoms with van der Waals surface area (Å²) in [6.45, 7) is 1.39. The Morgan fingerprint density at radius 1 is 0.594 bits per heavy atom. The molecule has 2 amide bonds. The van der Waals surface area contributed by atoms with Gasteiger partial charge >= 0.3 is 12.2 Å². The molecule has 2 unspecified atom stereocenters. The Morgan fingerprint density at radius 3 is 1.12 bits per heavy atom. The molecule has 0 radical (unpaired) electrons. The minimum Gasteiger partial charge on any atom is -0.448 e. The van der Waals surface area contributed by atoms with E-state index in [1.165, 1.54) is 51.4 Å². The van der Waals surface area contributed by atoms with Crippen molar-refractivity contribution in [2.45, 2.75) is 89.1 Å². The predicted molar refractivity (Wildman–Crippen MR) is 122 cm³/mol. The van der Waals surface area contributed by atoms with Crippen molar-refractivity contribution in [3.63, 3.8) is 0 Å². The van der Waals surface area contributed by atoms with Gasteiger partial charge in [0.1, 0.15) is 25.8 Å². The van der Waals surface area contributed by atoms with Crippen LogP contribution in [0.4, 0.5) is 9.59 Å². The van der Waals surface area contributed by atoms with Crippen molar-refractivity contribution in [3.8, 4) is 0 Å². The molecule has 186 valence electrons. The largest absolute Gasteiger partial charge is 0.448 e. The van der Waals surface area contributed by atoms with Gasteiger partial charge in [0, 0.05) is 0 Å². The third kappa shape index (κ3) is 21.0. The average molecular weight is 459 g/mol. The van der Waals surface area contributed by atoms with Gasteiger partial charge in [-0.25, -0.2) is 9.59 Å². The maximum Gasteiger partial charge on any atom is 0.404 e. The van der Waals surface area contributed by atoms with E-state index in [4.69, 9.17) is 11.5 Å². The summed E-state index contributed by atoms with van der Waals surface area (Å²) < 4.78 is 9.22. The lowest BCUT2D eigenvalue weighted by atomic mass is 10.0. The number of unbranched alkanes of at least 4 members (excludes halogenated alkanes) is 11. The van der Waals surface area contributed by atoms with E-state index in [0.717, 1.165) is 51.3 Å². The highest BCUT2D eigenvalue weighted by Crippen LogP contribution is 2.11. The first-order chi connectivity index (χ1) is 15.5. The molecule has 0 aliphatic carbocycles. The second-order valence-electron chi connectivity index (χ2n) is 7.90. The van der Waals surface area contributed by atoms with Crippen molar-refractivity contribution in [3.05, 3.63) is 0 Å². The second-order valence-corrected chi connectivity index (χ2v) is 7.90. The van der Waals surface area contributed by atoms with E-state index >= 15 is 0 Å². The van der Waals surface area contributed by atoms with Gasteiger partial charge in [-0.2, -0.15) is 0 Å². The molecule has 0 aromatic carbocycles. The summed E-state index contributed by atoms with van der Waals surface area (Å²) in [4.78, 5) is 42.7. The first-order valence-electron chi connectivity index (χ1n) is 11.7. The molecule has 0 bridgehead atoms. The van der Waals surface area contributed by atoms with Crippen LogP contribution in [0, 0.1) is 0 Å². The molecule has 0 aliphatic heterocycles. The van der Waals surface area contributed by atoms with Gasteiger partial charge in [0.15, 0.2) is 0 Å². The minimum atomic E-state index is -0.870. The number of rotatable bonds is 23. The third-order valence-electron chi connectivity index (χ3n) is 5.06. The van der Waals surface area contributed by atoms with Gasteiger partial charge in [-0.1, -0.05) is 64.2 Å². The number of aldehydes is 2. The average Bonchev–Trinajstić information content (AvgIpc) is 2.77. The van der Waals surface area contributed by atoms with Crippen molar-refractivity contribution >= 4 is 24.8 Å². The lowest BCUT2D eigenvalue weighted by Crippen LogP contribution is -2.37. The zero-order valence-corrected chi connectivity index (χ0v) is 19.2.